The summed E-state index contributed by atoms with van der Waals surface area (Å²) >= 11 is 0. The highest BCUT2D eigenvalue weighted by Crippen LogP contribution is 2.32. The third-order valence-corrected chi connectivity index (χ3v) is 3.23. The van der Waals surface area contributed by atoms with Gasteiger partial charge in [0.1, 0.15) is 11.5 Å². The third kappa shape index (κ3) is 4.76. The Balaban J connectivity index is 3.39. The van der Waals surface area contributed by atoms with Gasteiger partial charge < -0.3 is 9.47 Å². The second-order valence-corrected chi connectivity index (χ2v) is 4.86. The van der Waals surface area contributed by atoms with Crippen molar-refractivity contribution in [3.63, 3.8) is 0 Å². The molecule has 0 amide bonds. The number of aryl methyl sites for hydroxylation is 1. The molecule has 1 rings (SSSR count). The van der Waals surface area contributed by atoms with Gasteiger partial charge in [-0.25, -0.2) is 0 Å². The van der Waals surface area contributed by atoms with Crippen LogP contribution in [0.15, 0.2) is 17.8 Å². The second kappa shape index (κ2) is 9.07. The molecule has 1 aromatic rings. The summed E-state index contributed by atoms with van der Waals surface area (Å²) in [5, 5.41) is 11.0. The van der Waals surface area contributed by atoms with E-state index in [-0.39, 0.29) is 10.6 Å². The number of hydrogen-bond acceptors (Lipinski definition) is 4. The molecule has 0 aliphatic rings. The van der Waals surface area contributed by atoms with Crippen molar-refractivity contribution in [1.82, 2.24) is 0 Å². The minimum absolute atomic E-state index is 0.159. The molecular weight excluding hydrogens is 282 g/mol. The van der Waals surface area contributed by atoms with Crippen molar-refractivity contribution in [2.24, 2.45) is 0 Å². The number of hydrogen-bond donors (Lipinski definition) is 0. The van der Waals surface area contributed by atoms with Gasteiger partial charge in [0.2, 0.25) is 5.70 Å². The number of nitrogens with zero attached hydrogens (tertiary/aromatic N) is 1. The molecule has 0 aliphatic heterocycles. The first kappa shape index (κ1) is 18.0. The van der Waals surface area contributed by atoms with Crippen LogP contribution >= 0.6 is 0 Å². The van der Waals surface area contributed by atoms with Gasteiger partial charge in [-0.1, -0.05) is 20.3 Å². The van der Waals surface area contributed by atoms with Gasteiger partial charge in [-0.05, 0) is 38.0 Å². The molecule has 5 nitrogen and oxygen atoms in total. The molecule has 0 fully saturated rings. The Morgan fingerprint density at radius 2 is 1.77 bits per heavy atom. The number of benzene rings is 1. The fourth-order valence-electron chi connectivity index (χ4n) is 2.23. The largest absolute Gasteiger partial charge is 0.494 e. The van der Waals surface area contributed by atoms with E-state index in [1.807, 2.05) is 26.0 Å². The number of rotatable bonds is 9. The molecule has 0 aromatic heterocycles. The number of allylic oxidation sites excluding steroid dienone is 1. The lowest BCUT2D eigenvalue weighted by molar-refractivity contribution is -0.425. The molecule has 0 atom stereocenters. The molecule has 0 saturated heterocycles. The van der Waals surface area contributed by atoms with Crippen LogP contribution in [-0.4, -0.2) is 18.1 Å². The van der Waals surface area contributed by atoms with Gasteiger partial charge >= 0.3 is 0 Å². The van der Waals surface area contributed by atoms with Crippen LogP contribution in [0.1, 0.15) is 51.7 Å². The molecule has 0 bridgehead atoms. The zero-order valence-corrected chi connectivity index (χ0v) is 13.8. The molecule has 0 unspecified atom stereocenters. The number of ether oxygens (including phenoxy) is 2. The van der Waals surface area contributed by atoms with E-state index in [0.29, 0.717) is 30.9 Å². The van der Waals surface area contributed by atoms with Crippen molar-refractivity contribution in [2.45, 2.75) is 47.0 Å². The van der Waals surface area contributed by atoms with E-state index in [9.17, 15) is 10.1 Å². The van der Waals surface area contributed by atoms with E-state index in [1.54, 1.807) is 13.0 Å². The van der Waals surface area contributed by atoms with Crippen LogP contribution in [0.5, 0.6) is 11.5 Å². The lowest BCUT2D eigenvalue weighted by Gasteiger charge is -2.15. The molecular formula is C17H25NO4. The highest BCUT2D eigenvalue weighted by molar-refractivity contribution is 5.62. The van der Waals surface area contributed by atoms with Gasteiger partial charge in [0, 0.05) is 18.1 Å². The first-order valence-electron chi connectivity index (χ1n) is 7.84. The van der Waals surface area contributed by atoms with Crippen molar-refractivity contribution >= 4 is 6.08 Å². The Hall–Kier alpha value is -2.04. The quantitative estimate of drug-likeness (QED) is 0.499. The summed E-state index contributed by atoms with van der Waals surface area (Å²) in [4.78, 5) is 10.7. The summed E-state index contributed by atoms with van der Waals surface area (Å²) in [6.45, 7) is 8.77. The van der Waals surface area contributed by atoms with Gasteiger partial charge in [-0.3, -0.25) is 10.1 Å². The highest BCUT2D eigenvalue weighted by Gasteiger charge is 2.14. The van der Waals surface area contributed by atoms with Crippen LogP contribution in [0.25, 0.3) is 6.08 Å². The highest BCUT2D eigenvalue weighted by atomic mass is 16.6. The Morgan fingerprint density at radius 1 is 1.14 bits per heavy atom. The lowest BCUT2D eigenvalue weighted by atomic mass is 10.0. The van der Waals surface area contributed by atoms with Gasteiger partial charge in [-0.2, -0.15) is 0 Å². The normalized spacial score (nSPS) is 11.4. The van der Waals surface area contributed by atoms with E-state index < -0.39 is 0 Å². The Kier molecular flexibility index (Phi) is 7.43. The Morgan fingerprint density at radius 3 is 2.27 bits per heavy atom. The van der Waals surface area contributed by atoms with E-state index in [1.165, 1.54) is 0 Å². The molecule has 1 aromatic carbocycles. The average molecular weight is 307 g/mol. The van der Waals surface area contributed by atoms with E-state index in [2.05, 4.69) is 6.92 Å². The number of nitro groups is 1. The summed E-state index contributed by atoms with van der Waals surface area (Å²) < 4.78 is 11.3. The summed E-state index contributed by atoms with van der Waals surface area (Å²) in [6.07, 6.45) is 3.81. The maximum absolute atomic E-state index is 11.0. The van der Waals surface area contributed by atoms with E-state index >= 15 is 0 Å². The molecule has 0 saturated carbocycles. The minimum Gasteiger partial charge on any atom is -0.494 e. The van der Waals surface area contributed by atoms with Gasteiger partial charge in [0.25, 0.3) is 0 Å². The molecule has 122 valence electrons. The maximum atomic E-state index is 11.0. The summed E-state index contributed by atoms with van der Waals surface area (Å²) in [7, 11) is 0. The van der Waals surface area contributed by atoms with Crippen LogP contribution in [0.4, 0.5) is 0 Å². The van der Waals surface area contributed by atoms with E-state index in [0.717, 1.165) is 24.2 Å². The van der Waals surface area contributed by atoms with Crippen molar-refractivity contribution in [2.75, 3.05) is 13.2 Å². The SMILES string of the molecule is CCCc1cc(OCC)c(C=C(CC)[N+](=O)[O-])cc1OCC. The molecule has 0 heterocycles. The first-order chi connectivity index (χ1) is 10.6. The van der Waals surface area contributed by atoms with Crippen LogP contribution in [0, 0.1) is 10.1 Å². The fraction of sp³-hybridized carbons (Fsp3) is 0.529. The predicted octanol–water partition coefficient (Wildman–Crippen LogP) is 4.46. The second-order valence-electron chi connectivity index (χ2n) is 4.86. The molecule has 0 radical (unpaired) electrons. The fourth-order valence-corrected chi connectivity index (χ4v) is 2.23. The Bertz CT molecular complexity index is 538. The first-order valence-corrected chi connectivity index (χ1v) is 7.84. The third-order valence-electron chi connectivity index (χ3n) is 3.23. The van der Waals surface area contributed by atoms with Crippen LogP contribution in [-0.2, 0) is 6.42 Å². The maximum Gasteiger partial charge on any atom is 0.246 e. The zero-order chi connectivity index (χ0) is 16.5. The van der Waals surface area contributed by atoms with Crippen molar-refractivity contribution < 1.29 is 14.4 Å². The molecule has 0 N–H and O–H groups in total. The van der Waals surface area contributed by atoms with Gasteiger partial charge in [0.15, 0.2) is 0 Å². The summed E-state index contributed by atoms with van der Waals surface area (Å²) in [5.41, 5.74) is 1.93. The summed E-state index contributed by atoms with van der Waals surface area (Å²) in [5.74, 6) is 1.44. The van der Waals surface area contributed by atoms with Gasteiger partial charge in [0.05, 0.1) is 18.1 Å². The average Bonchev–Trinajstić information content (AvgIpc) is 2.48. The summed E-state index contributed by atoms with van der Waals surface area (Å²) in [6, 6.07) is 3.79. The molecule has 22 heavy (non-hydrogen) atoms. The topological polar surface area (TPSA) is 61.6 Å². The van der Waals surface area contributed by atoms with Crippen LogP contribution < -0.4 is 9.47 Å². The van der Waals surface area contributed by atoms with Crippen molar-refractivity contribution in [3.05, 3.63) is 39.1 Å². The monoisotopic (exact) mass is 307 g/mol. The van der Waals surface area contributed by atoms with Crippen molar-refractivity contribution in [3.8, 4) is 11.5 Å². The smallest absolute Gasteiger partial charge is 0.246 e. The van der Waals surface area contributed by atoms with Crippen molar-refractivity contribution in [1.29, 1.82) is 0 Å². The lowest BCUT2D eigenvalue weighted by Crippen LogP contribution is -2.02. The van der Waals surface area contributed by atoms with Crippen LogP contribution in [0.3, 0.4) is 0 Å². The standard InChI is InChI=1S/C17H25NO4/c1-5-9-13-11-17(22-8-4)14(12-16(13)21-7-3)10-15(6-2)18(19)20/h10-12H,5-9H2,1-4H3. The zero-order valence-electron chi connectivity index (χ0n) is 13.8. The van der Waals surface area contributed by atoms with Gasteiger partial charge in [-0.15, -0.1) is 0 Å². The molecule has 5 heteroatoms. The minimum atomic E-state index is -0.351. The van der Waals surface area contributed by atoms with E-state index in [4.69, 9.17) is 9.47 Å². The van der Waals surface area contributed by atoms with Crippen LogP contribution in [0.2, 0.25) is 0 Å². The predicted molar refractivity (Wildman–Crippen MR) is 88.0 cm³/mol. The molecule has 0 aliphatic carbocycles. The molecule has 0 spiro atoms. The Labute approximate surface area is 132 Å².